The fourth-order valence-electron chi connectivity index (χ4n) is 3.54. The van der Waals surface area contributed by atoms with E-state index in [1.165, 1.54) is 6.21 Å². The Morgan fingerprint density at radius 1 is 1.11 bits per heavy atom. The number of fused-ring (bicyclic) bond motifs is 1. The molecule has 178 valence electrons. The molecule has 4 aromatic rings. The van der Waals surface area contributed by atoms with E-state index in [-0.39, 0.29) is 24.5 Å². The highest BCUT2D eigenvalue weighted by molar-refractivity contribution is 9.10. The van der Waals surface area contributed by atoms with Gasteiger partial charge >= 0.3 is 0 Å². The number of carbonyl (C=O) groups is 2. The van der Waals surface area contributed by atoms with E-state index in [4.69, 9.17) is 4.74 Å². The Labute approximate surface area is 211 Å². The number of hydrogen-bond acceptors (Lipinski definition) is 5. The van der Waals surface area contributed by atoms with Crippen molar-refractivity contribution in [2.75, 3.05) is 6.61 Å². The van der Waals surface area contributed by atoms with Crippen LogP contribution >= 0.6 is 15.9 Å². The number of hydrazone groups is 1. The summed E-state index contributed by atoms with van der Waals surface area (Å²) < 4.78 is 8.13. The number of nitrogens with one attached hydrogen (secondary N) is 2. The van der Waals surface area contributed by atoms with Crippen LogP contribution in [0, 0.1) is 6.92 Å². The summed E-state index contributed by atoms with van der Waals surface area (Å²) in [5, 5.41) is 6.96. The first-order valence-electron chi connectivity index (χ1n) is 11.0. The summed E-state index contributed by atoms with van der Waals surface area (Å²) in [6.07, 6.45) is 3.32. The summed E-state index contributed by atoms with van der Waals surface area (Å²) >= 11 is 3.41. The highest BCUT2D eigenvalue weighted by Crippen LogP contribution is 2.17. The molecule has 8 nitrogen and oxygen atoms in total. The van der Waals surface area contributed by atoms with Crippen molar-refractivity contribution in [1.29, 1.82) is 0 Å². The fraction of sp³-hybridized carbons (Fsp3) is 0.154. The molecule has 2 heterocycles. The van der Waals surface area contributed by atoms with Gasteiger partial charge in [0.1, 0.15) is 17.1 Å². The second-order valence-corrected chi connectivity index (χ2v) is 8.79. The van der Waals surface area contributed by atoms with Crippen molar-refractivity contribution < 1.29 is 14.3 Å². The van der Waals surface area contributed by atoms with Gasteiger partial charge in [-0.25, -0.2) is 10.4 Å². The van der Waals surface area contributed by atoms with Gasteiger partial charge in [0, 0.05) is 10.7 Å². The van der Waals surface area contributed by atoms with Crippen molar-refractivity contribution in [3.05, 3.63) is 99.9 Å². The van der Waals surface area contributed by atoms with Crippen LogP contribution in [-0.2, 0) is 4.79 Å². The Morgan fingerprint density at radius 2 is 1.86 bits per heavy atom. The van der Waals surface area contributed by atoms with Gasteiger partial charge in [0.2, 0.25) is 0 Å². The van der Waals surface area contributed by atoms with Gasteiger partial charge in [-0.05, 0) is 77.3 Å². The minimum atomic E-state index is -0.361. The summed E-state index contributed by atoms with van der Waals surface area (Å²) in [6, 6.07) is 20.4. The quantitative estimate of drug-likeness (QED) is 0.258. The third-order valence-electron chi connectivity index (χ3n) is 5.28. The van der Waals surface area contributed by atoms with Crippen LogP contribution in [0.5, 0.6) is 5.75 Å². The fourth-order valence-corrected chi connectivity index (χ4v) is 3.87. The monoisotopic (exact) mass is 533 g/mol. The highest BCUT2D eigenvalue weighted by Gasteiger charge is 2.16. The van der Waals surface area contributed by atoms with E-state index in [1.807, 2.05) is 49.4 Å². The average Bonchev–Trinajstić information content (AvgIpc) is 3.18. The Hall–Kier alpha value is -3.98. The molecule has 0 bridgehead atoms. The maximum absolute atomic E-state index is 12.7. The number of benzene rings is 2. The summed E-state index contributed by atoms with van der Waals surface area (Å²) in [5.41, 5.74) is 6.04. The topological polar surface area (TPSA) is 97.1 Å². The molecular weight excluding hydrogens is 510 g/mol. The first-order chi connectivity index (χ1) is 16.9. The molecule has 0 saturated heterocycles. The van der Waals surface area contributed by atoms with Crippen LogP contribution in [0.2, 0.25) is 0 Å². The van der Waals surface area contributed by atoms with Gasteiger partial charge in [0.25, 0.3) is 11.8 Å². The van der Waals surface area contributed by atoms with Gasteiger partial charge in [-0.15, -0.1) is 0 Å². The van der Waals surface area contributed by atoms with E-state index in [1.54, 1.807) is 41.8 Å². The second kappa shape index (κ2) is 11.0. The second-order valence-electron chi connectivity index (χ2n) is 7.88. The van der Waals surface area contributed by atoms with Crippen LogP contribution in [-0.4, -0.2) is 34.0 Å². The zero-order chi connectivity index (χ0) is 24.8. The summed E-state index contributed by atoms with van der Waals surface area (Å²) in [5.74, 6) is -0.00917. The summed E-state index contributed by atoms with van der Waals surface area (Å²) in [7, 11) is 0. The van der Waals surface area contributed by atoms with E-state index in [0.717, 1.165) is 15.6 Å². The van der Waals surface area contributed by atoms with Crippen molar-refractivity contribution in [1.82, 2.24) is 20.1 Å². The van der Waals surface area contributed by atoms with Crippen molar-refractivity contribution >= 4 is 39.6 Å². The molecule has 0 aliphatic rings. The maximum Gasteiger partial charge on any atom is 0.290 e. The molecule has 2 amide bonds. The largest absolute Gasteiger partial charge is 0.484 e. The summed E-state index contributed by atoms with van der Waals surface area (Å²) in [4.78, 5) is 29.2. The first kappa shape index (κ1) is 24.2. The van der Waals surface area contributed by atoms with Crippen LogP contribution in [0.1, 0.15) is 40.3 Å². The zero-order valence-electron chi connectivity index (χ0n) is 19.2. The normalized spacial score (nSPS) is 12.0. The number of ether oxygens (including phenoxy) is 1. The number of pyridine rings is 1. The van der Waals surface area contributed by atoms with Crippen LogP contribution < -0.4 is 15.5 Å². The van der Waals surface area contributed by atoms with Crippen molar-refractivity contribution in [2.24, 2.45) is 5.10 Å². The third-order valence-corrected chi connectivity index (χ3v) is 5.75. The molecule has 4 rings (SSSR count). The van der Waals surface area contributed by atoms with Crippen molar-refractivity contribution in [3.8, 4) is 5.75 Å². The van der Waals surface area contributed by atoms with Crippen molar-refractivity contribution in [2.45, 2.75) is 19.9 Å². The van der Waals surface area contributed by atoms with Gasteiger partial charge in [-0.3, -0.25) is 14.0 Å². The minimum absolute atomic E-state index is 0.0879. The smallest absolute Gasteiger partial charge is 0.290 e. The van der Waals surface area contributed by atoms with Gasteiger partial charge in [-0.1, -0.05) is 30.3 Å². The predicted molar refractivity (Wildman–Crippen MR) is 138 cm³/mol. The van der Waals surface area contributed by atoms with E-state index in [0.29, 0.717) is 22.8 Å². The number of imidazole rings is 1. The molecule has 2 aromatic carbocycles. The van der Waals surface area contributed by atoms with Gasteiger partial charge in [-0.2, -0.15) is 5.10 Å². The standard InChI is InChI=1S/C26H24BrN5O3/c1-17(20-6-4-3-5-7-20)30-24(33)16-35-22-11-8-19(9-12-22)14-28-31-26(34)25-18(2)29-23-13-10-21(27)15-32(23)25/h3-15,17H,16H2,1-2H3,(H,30,33)(H,31,34)/b28-14-/t17-/m0/s1. The lowest BCUT2D eigenvalue weighted by Gasteiger charge is -2.14. The van der Waals surface area contributed by atoms with Gasteiger partial charge in [0.15, 0.2) is 6.61 Å². The van der Waals surface area contributed by atoms with Gasteiger partial charge < -0.3 is 10.1 Å². The molecule has 9 heteroatoms. The van der Waals surface area contributed by atoms with Crippen LogP contribution in [0.25, 0.3) is 5.65 Å². The maximum atomic E-state index is 12.7. The molecule has 0 aliphatic carbocycles. The Kier molecular flexibility index (Phi) is 7.57. The van der Waals surface area contributed by atoms with Crippen molar-refractivity contribution in [3.63, 3.8) is 0 Å². The SMILES string of the molecule is Cc1nc2ccc(Br)cn2c1C(=O)N/N=C\c1ccc(OCC(=O)N[C@@H](C)c2ccccc2)cc1. The molecule has 0 saturated carbocycles. The number of amides is 2. The minimum Gasteiger partial charge on any atom is -0.484 e. The number of rotatable bonds is 8. The molecule has 2 N–H and O–H groups in total. The molecular formula is C26H24BrN5O3. The number of halogens is 1. The molecule has 0 fully saturated rings. The lowest BCUT2D eigenvalue weighted by molar-refractivity contribution is -0.123. The molecule has 0 unspecified atom stereocenters. The number of hydrogen-bond donors (Lipinski definition) is 2. The number of nitrogens with zero attached hydrogens (tertiary/aromatic N) is 3. The Morgan fingerprint density at radius 3 is 2.60 bits per heavy atom. The summed E-state index contributed by atoms with van der Waals surface area (Å²) in [6.45, 7) is 3.62. The Balaban J connectivity index is 1.29. The van der Waals surface area contributed by atoms with E-state index >= 15 is 0 Å². The van der Waals surface area contributed by atoms with E-state index in [9.17, 15) is 9.59 Å². The lowest BCUT2D eigenvalue weighted by Crippen LogP contribution is -2.31. The van der Waals surface area contributed by atoms with E-state index in [2.05, 4.69) is 36.8 Å². The van der Waals surface area contributed by atoms with Crippen LogP contribution in [0.3, 0.4) is 0 Å². The highest BCUT2D eigenvalue weighted by atomic mass is 79.9. The molecule has 0 aliphatic heterocycles. The predicted octanol–water partition coefficient (Wildman–Crippen LogP) is 4.43. The molecule has 2 aromatic heterocycles. The molecule has 0 radical (unpaired) electrons. The first-order valence-corrected chi connectivity index (χ1v) is 11.7. The van der Waals surface area contributed by atoms with Gasteiger partial charge in [0.05, 0.1) is 18.0 Å². The van der Waals surface area contributed by atoms with Crippen LogP contribution in [0.4, 0.5) is 0 Å². The van der Waals surface area contributed by atoms with E-state index < -0.39 is 0 Å². The molecule has 35 heavy (non-hydrogen) atoms. The number of aromatic nitrogens is 2. The average molecular weight is 534 g/mol. The molecule has 0 spiro atoms. The third kappa shape index (κ3) is 6.13. The lowest BCUT2D eigenvalue weighted by atomic mass is 10.1. The Bertz CT molecular complexity index is 1370. The zero-order valence-corrected chi connectivity index (χ0v) is 20.8. The van der Waals surface area contributed by atoms with Crippen LogP contribution in [0.15, 0.2) is 82.5 Å². The molecule has 1 atom stereocenters. The number of aryl methyl sites for hydroxylation is 1. The number of carbonyl (C=O) groups excluding carboxylic acids is 2.